The maximum absolute atomic E-state index is 13.2. The summed E-state index contributed by atoms with van der Waals surface area (Å²) >= 11 is 11.7. The molecule has 0 unspecified atom stereocenters. The monoisotopic (exact) mass is 282 g/mol. The number of rotatable bonds is 1. The van der Waals surface area contributed by atoms with Gasteiger partial charge in [0.25, 0.3) is 0 Å². The summed E-state index contributed by atoms with van der Waals surface area (Å²) < 4.78 is 14.8. The van der Waals surface area contributed by atoms with E-state index < -0.39 is 0 Å². The van der Waals surface area contributed by atoms with E-state index in [4.69, 9.17) is 23.2 Å². The summed E-state index contributed by atoms with van der Waals surface area (Å²) in [6.45, 7) is 0. The molecular formula is C11H5Cl2FN4. The van der Waals surface area contributed by atoms with Gasteiger partial charge < -0.3 is 0 Å². The number of hydrogen-bond donors (Lipinski definition) is 0. The van der Waals surface area contributed by atoms with Crippen molar-refractivity contribution in [3.05, 3.63) is 46.8 Å². The predicted octanol–water partition coefficient (Wildman–Crippen LogP) is 3.24. The van der Waals surface area contributed by atoms with Crippen molar-refractivity contribution in [3.8, 4) is 11.4 Å². The second-order valence-corrected chi connectivity index (χ2v) is 4.30. The first-order chi connectivity index (χ1) is 8.65. The van der Waals surface area contributed by atoms with Crippen LogP contribution in [0.5, 0.6) is 0 Å². The van der Waals surface area contributed by atoms with Crippen molar-refractivity contribution in [1.82, 2.24) is 19.4 Å². The average Bonchev–Trinajstić information content (AvgIpc) is 2.75. The van der Waals surface area contributed by atoms with Crippen molar-refractivity contribution < 1.29 is 4.39 Å². The standard InChI is InChI=1S/C11H5Cl2FN4/c12-7-3-16-11(13)17-10(7)8-4-15-9-2-1-6(14)5-18(8)9/h1-5H. The summed E-state index contributed by atoms with van der Waals surface area (Å²) in [5, 5.41) is 0.395. The largest absolute Gasteiger partial charge is 0.295 e. The van der Waals surface area contributed by atoms with E-state index in [1.54, 1.807) is 16.7 Å². The lowest BCUT2D eigenvalue weighted by Gasteiger charge is -2.03. The highest BCUT2D eigenvalue weighted by molar-refractivity contribution is 6.33. The topological polar surface area (TPSA) is 43.1 Å². The molecule has 0 amide bonds. The van der Waals surface area contributed by atoms with E-state index in [1.165, 1.54) is 18.5 Å². The van der Waals surface area contributed by atoms with E-state index in [0.29, 0.717) is 22.1 Å². The second kappa shape index (κ2) is 4.19. The molecular weight excluding hydrogens is 278 g/mol. The molecule has 0 aliphatic carbocycles. The molecule has 3 aromatic rings. The first-order valence-corrected chi connectivity index (χ1v) is 5.72. The van der Waals surface area contributed by atoms with E-state index >= 15 is 0 Å². The van der Waals surface area contributed by atoms with Gasteiger partial charge in [0, 0.05) is 6.20 Å². The Morgan fingerprint density at radius 1 is 1.11 bits per heavy atom. The van der Waals surface area contributed by atoms with Crippen LogP contribution in [-0.2, 0) is 0 Å². The van der Waals surface area contributed by atoms with E-state index in [0.717, 1.165) is 0 Å². The summed E-state index contributed by atoms with van der Waals surface area (Å²) in [6.07, 6.45) is 4.26. The zero-order chi connectivity index (χ0) is 12.7. The van der Waals surface area contributed by atoms with E-state index in [9.17, 15) is 4.39 Å². The highest BCUT2D eigenvalue weighted by atomic mass is 35.5. The van der Waals surface area contributed by atoms with Crippen molar-refractivity contribution in [2.24, 2.45) is 0 Å². The molecule has 0 aliphatic rings. The summed E-state index contributed by atoms with van der Waals surface area (Å²) in [5.41, 5.74) is 1.56. The molecule has 0 fully saturated rings. The lowest BCUT2D eigenvalue weighted by molar-refractivity contribution is 0.619. The number of imidazole rings is 1. The maximum atomic E-state index is 13.2. The molecule has 18 heavy (non-hydrogen) atoms. The van der Waals surface area contributed by atoms with Gasteiger partial charge in [-0.05, 0) is 23.7 Å². The third-order valence-corrected chi connectivity index (χ3v) is 2.89. The van der Waals surface area contributed by atoms with Crippen LogP contribution in [0.15, 0.2) is 30.7 Å². The molecule has 0 bridgehead atoms. The van der Waals surface area contributed by atoms with Gasteiger partial charge in [-0.2, -0.15) is 0 Å². The fourth-order valence-corrected chi connectivity index (χ4v) is 1.98. The predicted molar refractivity (Wildman–Crippen MR) is 66.2 cm³/mol. The Balaban J connectivity index is 2.31. The number of fused-ring (bicyclic) bond motifs is 1. The summed E-state index contributed by atoms with van der Waals surface area (Å²) in [7, 11) is 0. The molecule has 3 rings (SSSR count). The highest BCUT2D eigenvalue weighted by Gasteiger charge is 2.12. The minimum Gasteiger partial charge on any atom is -0.295 e. The van der Waals surface area contributed by atoms with E-state index in [-0.39, 0.29) is 11.1 Å². The van der Waals surface area contributed by atoms with Crippen molar-refractivity contribution in [2.75, 3.05) is 0 Å². The molecule has 0 spiro atoms. The van der Waals surface area contributed by atoms with Crippen LogP contribution in [0, 0.1) is 5.82 Å². The molecule has 0 radical (unpaired) electrons. The van der Waals surface area contributed by atoms with E-state index in [2.05, 4.69) is 15.0 Å². The summed E-state index contributed by atoms with van der Waals surface area (Å²) in [5.74, 6) is -0.377. The van der Waals surface area contributed by atoms with Crippen LogP contribution in [-0.4, -0.2) is 19.4 Å². The number of halogens is 3. The average molecular weight is 283 g/mol. The molecule has 3 aromatic heterocycles. The minimum atomic E-state index is -0.377. The van der Waals surface area contributed by atoms with Gasteiger partial charge in [0.05, 0.1) is 23.1 Å². The summed E-state index contributed by atoms with van der Waals surface area (Å²) in [6, 6.07) is 2.90. The number of hydrogen-bond acceptors (Lipinski definition) is 3. The highest BCUT2D eigenvalue weighted by Crippen LogP contribution is 2.26. The van der Waals surface area contributed by atoms with Crippen LogP contribution in [0.2, 0.25) is 10.3 Å². The summed E-state index contributed by atoms with van der Waals surface area (Å²) in [4.78, 5) is 11.9. The van der Waals surface area contributed by atoms with Crippen LogP contribution >= 0.6 is 23.2 Å². The molecule has 90 valence electrons. The molecule has 0 atom stereocenters. The fraction of sp³-hybridized carbons (Fsp3) is 0. The van der Waals surface area contributed by atoms with Crippen molar-refractivity contribution in [1.29, 1.82) is 0 Å². The SMILES string of the molecule is Fc1ccc2ncc(-c3nc(Cl)ncc3Cl)n2c1. The van der Waals surface area contributed by atoms with Crippen LogP contribution < -0.4 is 0 Å². The Bertz CT molecular complexity index is 741. The minimum absolute atomic E-state index is 0.0701. The Hall–Kier alpha value is -1.72. The zero-order valence-electron chi connectivity index (χ0n) is 8.81. The lowest BCUT2D eigenvalue weighted by Crippen LogP contribution is -1.94. The normalized spacial score (nSPS) is 11.1. The Morgan fingerprint density at radius 3 is 2.78 bits per heavy atom. The fourth-order valence-electron chi connectivity index (χ4n) is 1.66. The lowest BCUT2D eigenvalue weighted by atomic mass is 10.3. The van der Waals surface area contributed by atoms with Gasteiger partial charge in [-0.15, -0.1) is 0 Å². The molecule has 4 nitrogen and oxygen atoms in total. The quantitative estimate of drug-likeness (QED) is 0.644. The van der Waals surface area contributed by atoms with Crippen molar-refractivity contribution in [2.45, 2.75) is 0 Å². The molecule has 0 aromatic carbocycles. The molecule has 0 aliphatic heterocycles. The van der Waals surface area contributed by atoms with Gasteiger partial charge >= 0.3 is 0 Å². The Labute approximate surface area is 111 Å². The second-order valence-electron chi connectivity index (χ2n) is 3.55. The van der Waals surface area contributed by atoms with Gasteiger partial charge in [0.15, 0.2) is 0 Å². The van der Waals surface area contributed by atoms with E-state index in [1.807, 2.05) is 0 Å². The van der Waals surface area contributed by atoms with Gasteiger partial charge in [-0.3, -0.25) is 4.40 Å². The number of pyridine rings is 1. The van der Waals surface area contributed by atoms with Gasteiger partial charge in [0.2, 0.25) is 5.28 Å². The zero-order valence-corrected chi connectivity index (χ0v) is 10.3. The molecule has 3 heterocycles. The van der Waals surface area contributed by atoms with Crippen LogP contribution in [0.4, 0.5) is 4.39 Å². The molecule has 0 saturated heterocycles. The first kappa shape index (κ1) is 11.4. The van der Waals surface area contributed by atoms with Gasteiger partial charge in [-0.25, -0.2) is 19.3 Å². The van der Waals surface area contributed by atoms with Crippen molar-refractivity contribution in [3.63, 3.8) is 0 Å². The molecule has 7 heteroatoms. The number of aromatic nitrogens is 4. The number of nitrogens with zero attached hydrogens (tertiary/aromatic N) is 4. The first-order valence-electron chi connectivity index (χ1n) is 4.96. The Kier molecular flexibility index (Phi) is 2.65. The van der Waals surface area contributed by atoms with Crippen LogP contribution in [0.25, 0.3) is 17.0 Å². The smallest absolute Gasteiger partial charge is 0.223 e. The third-order valence-electron chi connectivity index (χ3n) is 2.43. The third kappa shape index (κ3) is 1.81. The Morgan fingerprint density at radius 2 is 1.94 bits per heavy atom. The molecule has 0 saturated carbocycles. The van der Waals surface area contributed by atoms with Gasteiger partial charge in [-0.1, -0.05) is 11.6 Å². The van der Waals surface area contributed by atoms with Crippen LogP contribution in [0.3, 0.4) is 0 Å². The maximum Gasteiger partial charge on any atom is 0.223 e. The molecule has 0 N–H and O–H groups in total. The van der Waals surface area contributed by atoms with Crippen LogP contribution in [0.1, 0.15) is 0 Å². The van der Waals surface area contributed by atoms with Crippen molar-refractivity contribution >= 4 is 28.8 Å². The van der Waals surface area contributed by atoms with Gasteiger partial charge in [0.1, 0.15) is 17.2 Å².